The average Bonchev–Trinajstić information content (AvgIpc) is 3.09. The van der Waals surface area contributed by atoms with Gasteiger partial charge < -0.3 is 10.6 Å². The lowest BCUT2D eigenvalue weighted by atomic mass is 10.1. The molecule has 1 aromatic heterocycles. The summed E-state index contributed by atoms with van der Waals surface area (Å²) in [6.45, 7) is 3.93. The molecule has 1 unspecified atom stereocenters. The second kappa shape index (κ2) is 7.52. The lowest BCUT2D eigenvalue weighted by Crippen LogP contribution is -2.27. The zero-order chi connectivity index (χ0) is 19.7. The van der Waals surface area contributed by atoms with Crippen molar-refractivity contribution in [2.24, 2.45) is 0 Å². The summed E-state index contributed by atoms with van der Waals surface area (Å²) in [6.07, 6.45) is 1.79. The molecular formula is C21H20N4O2S. The summed E-state index contributed by atoms with van der Waals surface area (Å²) in [5.41, 5.74) is 4.12. The molecule has 0 fully saturated rings. The van der Waals surface area contributed by atoms with E-state index in [2.05, 4.69) is 15.7 Å². The van der Waals surface area contributed by atoms with Gasteiger partial charge in [-0.25, -0.2) is 4.68 Å². The molecule has 28 heavy (non-hydrogen) atoms. The topological polar surface area (TPSA) is 76.0 Å². The van der Waals surface area contributed by atoms with Crippen molar-refractivity contribution in [2.45, 2.75) is 24.8 Å². The minimum absolute atomic E-state index is 0.0487. The summed E-state index contributed by atoms with van der Waals surface area (Å²) >= 11 is 1.48. The van der Waals surface area contributed by atoms with Crippen LogP contribution < -0.4 is 10.6 Å². The van der Waals surface area contributed by atoms with Crippen molar-refractivity contribution in [3.05, 3.63) is 71.5 Å². The second-order valence-electron chi connectivity index (χ2n) is 6.68. The Bertz CT molecular complexity index is 1050. The number of carbonyl (C=O) groups is 2. The molecule has 1 atom stereocenters. The van der Waals surface area contributed by atoms with Crippen molar-refractivity contribution in [3.8, 4) is 5.69 Å². The Kier molecular flexibility index (Phi) is 4.92. The molecule has 1 aliphatic rings. The maximum Gasteiger partial charge on any atom is 0.251 e. The molecular weight excluding hydrogens is 372 g/mol. The van der Waals surface area contributed by atoms with Crippen LogP contribution in [0.3, 0.4) is 0 Å². The third kappa shape index (κ3) is 3.53. The fraction of sp³-hybridized carbons (Fsp3) is 0.190. The Balaban J connectivity index is 1.52. The third-order valence-electron chi connectivity index (χ3n) is 4.74. The van der Waals surface area contributed by atoms with E-state index in [-0.39, 0.29) is 17.9 Å². The lowest BCUT2D eigenvalue weighted by Gasteiger charge is -2.18. The van der Waals surface area contributed by atoms with E-state index >= 15 is 0 Å². The highest BCUT2D eigenvalue weighted by molar-refractivity contribution is 8.00. The summed E-state index contributed by atoms with van der Waals surface area (Å²) in [5, 5.41) is 10.3. The molecule has 2 N–H and O–H groups in total. The van der Waals surface area contributed by atoms with E-state index in [0.717, 1.165) is 21.8 Å². The number of benzene rings is 2. The van der Waals surface area contributed by atoms with Gasteiger partial charge in [-0.2, -0.15) is 5.10 Å². The Morgan fingerprint density at radius 3 is 2.82 bits per heavy atom. The zero-order valence-corrected chi connectivity index (χ0v) is 16.4. The van der Waals surface area contributed by atoms with Gasteiger partial charge in [0.2, 0.25) is 5.91 Å². The van der Waals surface area contributed by atoms with Gasteiger partial charge in [0.15, 0.2) is 0 Å². The summed E-state index contributed by atoms with van der Waals surface area (Å²) in [5.74, 6) is 0.166. The van der Waals surface area contributed by atoms with Crippen molar-refractivity contribution in [2.75, 3.05) is 11.1 Å². The van der Waals surface area contributed by atoms with Crippen LogP contribution in [-0.2, 0) is 4.79 Å². The second-order valence-corrected chi connectivity index (χ2v) is 7.69. The van der Waals surface area contributed by atoms with Gasteiger partial charge in [-0.15, -0.1) is 11.8 Å². The van der Waals surface area contributed by atoms with Gasteiger partial charge in [0.25, 0.3) is 5.91 Å². The van der Waals surface area contributed by atoms with Crippen LogP contribution >= 0.6 is 11.8 Å². The number of hydrogen-bond acceptors (Lipinski definition) is 4. The van der Waals surface area contributed by atoms with Crippen LogP contribution in [0.2, 0.25) is 0 Å². The lowest BCUT2D eigenvalue weighted by molar-refractivity contribution is -0.113. The number of nitrogens with zero attached hydrogens (tertiary/aromatic N) is 2. The molecule has 1 aliphatic heterocycles. The minimum Gasteiger partial charge on any atom is -0.345 e. The van der Waals surface area contributed by atoms with E-state index in [9.17, 15) is 9.59 Å². The molecule has 2 amide bonds. The summed E-state index contributed by atoms with van der Waals surface area (Å²) in [6, 6.07) is 15.1. The Labute approximate surface area is 167 Å². The maximum atomic E-state index is 12.7. The van der Waals surface area contributed by atoms with Crippen LogP contribution in [0.5, 0.6) is 0 Å². The van der Waals surface area contributed by atoms with E-state index in [4.69, 9.17) is 0 Å². The number of carbonyl (C=O) groups excluding carboxylic acids is 2. The van der Waals surface area contributed by atoms with Crippen LogP contribution in [-0.4, -0.2) is 27.3 Å². The van der Waals surface area contributed by atoms with Crippen molar-refractivity contribution in [1.82, 2.24) is 15.1 Å². The normalized spacial score (nSPS) is 14.1. The Hall–Kier alpha value is -3.06. The molecule has 3 aromatic rings. The van der Waals surface area contributed by atoms with Gasteiger partial charge in [-0.3, -0.25) is 9.59 Å². The molecule has 0 saturated carbocycles. The first-order valence-corrected chi connectivity index (χ1v) is 9.99. The number of para-hydroxylation sites is 1. The molecule has 142 valence electrons. The maximum absolute atomic E-state index is 12.7. The van der Waals surface area contributed by atoms with Crippen molar-refractivity contribution < 1.29 is 9.59 Å². The van der Waals surface area contributed by atoms with Crippen LogP contribution in [0.1, 0.15) is 34.6 Å². The summed E-state index contributed by atoms with van der Waals surface area (Å²) in [7, 11) is 0. The number of anilines is 1. The third-order valence-corrected chi connectivity index (χ3v) is 5.81. The van der Waals surface area contributed by atoms with E-state index in [0.29, 0.717) is 17.0 Å². The van der Waals surface area contributed by atoms with Crippen molar-refractivity contribution >= 4 is 29.3 Å². The fourth-order valence-electron chi connectivity index (χ4n) is 3.26. The van der Waals surface area contributed by atoms with Gasteiger partial charge in [-0.1, -0.05) is 18.2 Å². The first kappa shape index (κ1) is 18.3. The predicted octanol–water partition coefficient (Wildman–Crippen LogP) is 3.72. The smallest absolute Gasteiger partial charge is 0.251 e. The van der Waals surface area contributed by atoms with Gasteiger partial charge in [0.05, 0.1) is 29.4 Å². The highest BCUT2D eigenvalue weighted by Crippen LogP contribution is 2.32. The van der Waals surface area contributed by atoms with Gasteiger partial charge in [0, 0.05) is 21.7 Å². The number of rotatable bonds is 4. The standard InChI is InChI=1S/C21H20N4O2S/c1-13(17-11-22-25(14(17)2)16-6-4-3-5-7-16)23-21(27)15-8-9-19-18(10-15)24-20(26)12-28-19/h3-11,13H,12H2,1-2H3,(H,23,27)(H,24,26). The molecule has 0 aliphatic carbocycles. The van der Waals surface area contributed by atoms with Crippen LogP contribution in [0.4, 0.5) is 5.69 Å². The largest absolute Gasteiger partial charge is 0.345 e. The zero-order valence-electron chi connectivity index (χ0n) is 15.6. The number of nitrogens with one attached hydrogen (secondary N) is 2. The van der Waals surface area contributed by atoms with E-state index < -0.39 is 0 Å². The molecule has 6 nitrogen and oxygen atoms in total. The van der Waals surface area contributed by atoms with E-state index in [1.54, 1.807) is 18.3 Å². The summed E-state index contributed by atoms with van der Waals surface area (Å²) in [4.78, 5) is 25.3. The van der Waals surface area contributed by atoms with Crippen molar-refractivity contribution in [1.29, 1.82) is 0 Å². The molecule has 0 bridgehead atoms. The first-order chi connectivity index (χ1) is 13.5. The molecule has 0 spiro atoms. The minimum atomic E-state index is -0.204. The molecule has 2 aromatic carbocycles. The predicted molar refractivity (Wildman–Crippen MR) is 110 cm³/mol. The fourth-order valence-corrected chi connectivity index (χ4v) is 4.05. The van der Waals surface area contributed by atoms with Crippen LogP contribution in [0.15, 0.2) is 59.6 Å². The average molecular weight is 392 g/mol. The number of thioether (sulfide) groups is 1. The quantitative estimate of drug-likeness (QED) is 0.710. The SMILES string of the molecule is Cc1c(C(C)NC(=O)c2ccc3c(c2)NC(=O)CS3)cnn1-c1ccccc1. The van der Waals surface area contributed by atoms with Gasteiger partial charge >= 0.3 is 0 Å². The number of aromatic nitrogens is 2. The molecule has 2 heterocycles. The van der Waals surface area contributed by atoms with E-state index in [1.807, 2.05) is 54.9 Å². The highest BCUT2D eigenvalue weighted by Gasteiger charge is 2.20. The van der Waals surface area contributed by atoms with Crippen LogP contribution in [0.25, 0.3) is 5.69 Å². The van der Waals surface area contributed by atoms with Gasteiger partial charge in [-0.05, 0) is 44.2 Å². The monoisotopic (exact) mass is 392 g/mol. The highest BCUT2D eigenvalue weighted by atomic mass is 32.2. The van der Waals surface area contributed by atoms with E-state index in [1.165, 1.54) is 11.8 Å². The van der Waals surface area contributed by atoms with Gasteiger partial charge in [0.1, 0.15) is 0 Å². The summed E-state index contributed by atoms with van der Waals surface area (Å²) < 4.78 is 1.86. The molecule has 0 saturated heterocycles. The van der Waals surface area contributed by atoms with Crippen molar-refractivity contribution in [3.63, 3.8) is 0 Å². The number of hydrogen-bond donors (Lipinski definition) is 2. The number of fused-ring (bicyclic) bond motifs is 1. The molecule has 4 rings (SSSR count). The Morgan fingerprint density at radius 2 is 2.04 bits per heavy atom. The Morgan fingerprint density at radius 1 is 1.25 bits per heavy atom. The number of amides is 2. The molecule has 0 radical (unpaired) electrons. The molecule has 7 heteroatoms. The van der Waals surface area contributed by atoms with Crippen LogP contribution in [0, 0.1) is 6.92 Å². The first-order valence-electron chi connectivity index (χ1n) is 9.00.